The molecule has 0 fully saturated rings. The minimum absolute atomic E-state index is 0.0588. The van der Waals surface area contributed by atoms with Crippen molar-refractivity contribution in [3.05, 3.63) is 75.6 Å². The van der Waals surface area contributed by atoms with Crippen LogP contribution in [-0.2, 0) is 23.5 Å². The first-order chi connectivity index (χ1) is 13.6. The molecule has 0 spiro atoms. The zero-order chi connectivity index (χ0) is 19.9. The Morgan fingerprint density at radius 3 is 2.75 bits per heavy atom. The van der Waals surface area contributed by atoms with Gasteiger partial charge in [0.1, 0.15) is 11.3 Å². The molecular formula is C22H23NO4S. The van der Waals surface area contributed by atoms with Crippen molar-refractivity contribution in [1.29, 1.82) is 0 Å². The van der Waals surface area contributed by atoms with Gasteiger partial charge in [-0.05, 0) is 29.7 Å². The summed E-state index contributed by atoms with van der Waals surface area (Å²) in [6, 6.07) is 15.0. The van der Waals surface area contributed by atoms with Crippen LogP contribution in [0.25, 0.3) is 11.0 Å². The molecule has 0 aliphatic rings. The van der Waals surface area contributed by atoms with Crippen molar-refractivity contribution in [2.24, 2.45) is 0 Å². The van der Waals surface area contributed by atoms with Gasteiger partial charge < -0.3 is 14.5 Å². The van der Waals surface area contributed by atoms with Crippen molar-refractivity contribution in [2.45, 2.75) is 25.6 Å². The van der Waals surface area contributed by atoms with Crippen LogP contribution in [0.15, 0.2) is 57.7 Å². The number of carbonyl (C=O) groups is 1. The first kappa shape index (κ1) is 20.0. The molecule has 1 N–H and O–H groups in total. The highest BCUT2D eigenvalue weighted by molar-refractivity contribution is 7.99. The molecule has 1 heterocycles. The van der Waals surface area contributed by atoms with Gasteiger partial charge in [0.15, 0.2) is 0 Å². The van der Waals surface area contributed by atoms with Crippen LogP contribution in [0.5, 0.6) is 5.75 Å². The van der Waals surface area contributed by atoms with E-state index in [4.69, 9.17) is 9.15 Å². The average molecular weight is 397 g/mol. The van der Waals surface area contributed by atoms with Crippen LogP contribution in [0.4, 0.5) is 0 Å². The van der Waals surface area contributed by atoms with Crippen molar-refractivity contribution in [3.63, 3.8) is 0 Å². The number of ether oxygens (including phenoxy) is 1. The highest BCUT2D eigenvalue weighted by Crippen LogP contribution is 2.23. The molecule has 1 aromatic heterocycles. The first-order valence-corrected chi connectivity index (χ1v) is 10.3. The fraction of sp³-hybridized carbons (Fsp3) is 0.273. The minimum atomic E-state index is -0.364. The lowest BCUT2D eigenvalue weighted by Gasteiger charge is -2.10. The lowest BCUT2D eigenvalue weighted by Crippen LogP contribution is -2.24. The number of hydrogen-bond acceptors (Lipinski definition) is 5. The van der Waals surface area contributed by atoms with E-state index in [1.54, 1.807) is 7.11 Å². The highest BCUT2D eigenvalue weighted by atomic mass is 32.2. The van der Waals surface area contributed by atoms with Crippen molar-refractivity contribution in [2.75, 3.05) is 12.9 Å². The zero-order valence-electron chi connectivity index (χ0n) is 16.0. The Hall–Kier alpha value is -2.73. The molecule has 0 aliphatic heterocycles. The van der Waals surface area contributed by atoms with Gasteiger partial charge in [0.05, 0.1) is 12.9 Å². The van der Waals surface area contributed by atoms with Gasteiger partial charge in [0, 0.05) is 29.3 Å². The molecule has 0 unspecified atom stereocenters. The molecule has 3 aromatic rings. The highest BCUT2D eigenvalue weighted by Gasteiger charge is 2.09. The third kappa shape index (κ3) is 4.95. The normalized spacial score (nSPS) is 10.8. The summed E-state index contributed by atoms with van der Waals surface area (Å²) in [6.45, 7) is 2.48. The molecule has 0 saturated heterocycles. The summed E-state index contributed by atoms with van der Waals surface area (Å²) >= 11 is 1.47. The predicted octanol–water partition coefficient (Wildman–Crippen LogP) is 3.91. The van der Waals surface area contributed by atoms with Crippen LogP contribution < -0.4 is 15.7 Å². The number of thioether (sulfide) groups is 1. The van der Waals surface area contributed by atoms with E-state index in [0.29, 0.717) is 23.6 Å². The number of fused-ring (bicyclic) bond motifs is 1. The van der Waals surface area contributed by atoms with Crippen LogP contribution in [0.1, 0.15) is 23.6 Å². The van der Waals surface area contributed by atoms with Crippen LogP contribution >= 0.6 is 11.8 Å². The number of carbonyl (C=O) groups excluding carboxylic acids is 1. The molecule has 0 saturated carbocycles. The topological polar surface area (TPSA) is 68.5 Å². The maximum Gasteiger partial charge on any atom is 0.336 e. The molecule has 6 heteroatoms. The summed E-state index contributed by atoms with van der Waals surface area (Å²) in [4.78, 5) is 24.0. The Balaban J connectivity index is 1.59. The lowest BCUT2D eigenvalue weighted by atomic mass is 10.1. The van der Waals surface area contributed by atoms with Crippen LogP contribution in [0, 0.1) is 0 Å². The quantitative estimate of drug-likeness (QED) is 0.584. The third-order valence-electron chi connectivity index (χ3n) is 4.46. The number of rotatable bonds is 8. The van der Waals surface area contributed by atoms with Crippen molar-refractivity contribution in [1.82, 2.24) is 5.32 Å². The maximum absolute atomic E-state index is 12.2. The Bertz CT molecular complexity index is 1030. The fourth-order valence-corrected chi connectivity index (χ4v) is 3.81. The Kier molecular flexibility index (Phi) is 6.76. The van der Waals surface area contributed by atoms with Gasteiger partial charge in [-0.2, -0.15) is 0 Å². The van der Waals surface area contributed by atoms with E-state index in [9.17, 15) is 9.59 Å². The number of hydrogen-bond donors (Lipinski definition) is 1. The average Bonchev–Trinajstić information content (AvgIpc) is 2.71. The smallest absolute Gasteiger partial charge is 0.336 e. The summed E-state index contributed by atoms with van der Waals surface area (Å²) in [6.07, 6.45) is 0.880. The third-order valence-corrected chi connectivity index (χ3v) is 5.44. The number of methoxy groups -OCH3 is 1. The van der Waals surface area contributed by atoms with E-state index in [1.165, 1.54) is 17.8 Å². The largest absolute Gasteiger partial charge is 0.496 e. The summed E-state index contributed by atoms with van der Waals surface area (Å²) in [7, 11) is 1.61. The number of aryl methyl sites for hydroxylation is 1. The number of benzene rings is 2. The van der Waals surface area contributed by atoms with Gasteiger partial charge in [-0.15, -0.1) is 11.8 Å². The Morgan fingerprint density at radius 1 is 1.14 bits per heavy atom. The van der Waals surface area contributed by atoms with Crippen LogP contribution in [0.3, 0.4) is 0 Å². The van der Waals surface area contributed by atoms with Crippen molar-refractivity contribution >= 4 is 28.6 Å². The molecule has 146 valence electrons. The maximum atomic E-state index is 12.2. The first-order valence-electron chi connectivity index (χ1n) is 9.12. The van der Waals surface area contributed by atoms with Gasteiger partial charge in [-0.3, -0.25) is 4.79 Å². The van der Waals surface area contributed by atoms with E-state index < -0.39 is 0 Å². The van der Waals surface area contributed by atoms with Crippen LogP contribution in [0.2, 0.25) is 0 Å². The van der Waals surface area contributed by atoms with Gasteiger partial charge in [-0.1, -0.05) is 37.3 Å². The lowest BCUT2D eigenvalue weighted by molar-refractivity contribution is -0.118. The van der Waals surface area contributed by atoms with Crippen LogP contribution in [-0.4, -0.2) is 18.8 Å². The molecule has 5 nitrogen and oxygen atoms in total. The second-order valence-electron chi connectivity index (χ2n) is 6.36. The molecule has 0 atom stereocenters. The molecule has 0 radical (unpaired) electrons. The summed E-state index contributed by atoms with van der Waals surface area (Å²) in [5.74, 6) is 1.57. The van der Waals surface area contributed by atoms with E-state index in [1.807, 2.05) is 42.5 Å². The second kappa shape index (κ2) is 9.46. The SMILES string of the molecule is CCc1ccc2c(CSCC(=O)NCc3ccccc3OC)cc(=O)oc2c1. The molecule has 28 heavy (non-hydrogen) atoms. The summed E-state index contributed by atoms with van der Waals surface area (Å²) < 4.78 is 10.6. The Labute approximate surface area is 168 Å². The summed E-state index contributed by atoms with van der Waals surface area (Å²) in [5.41, 5.74) is 3.18. The summed E-state index contributed by atoms with van der Waals surface area (Å²) in [5, 5.41) is 3.82. The van der Waals surface area contributed by atoms with Gasteiger partial charge >= 0.3 is 5.63 Å². The molecule has 0 aliphatic carbocycles. The molecular weight excluding hydrogens is 374 g/mol. The Morgan fingerprint density at radius 2 is 1.96 bits per heavy atom. The van der Waals surface area contributed by atoms with Gasteiger partial charge in [0.2, 0.25) is 5.91 Å². The second-order valence-corrected chi connectivity index (χ2v) is 7.34. The molecule has 1 amide bonds. The monoisotopic (exact) mass is 397 g/mol. The standard InChI is InChI=1S/C22H23NO4S/c1-3-15-8-9-18-17(11-22(25)27-20(18)10-15)13-28-14-21(24)23-12-16-6-4-5-7-19(16)26-2/h4-11H,3,12-14H2,1-2H3,(H,23,24). The molecule has 3 rings (SSSR count). The van der Waals surface area contributed by atoms with E-state index in [2.05, 4.69) is 12.2 Å². The van der Waals surface area contributed by atoms with Gasteiger partial charge in [-0.25, -0.2) is 4.79 Å². The van der Waals surface area contributed by atoms with E-state index >= 15 is 0 Å². The minimum Gasteiger partial charge on any atom is -0.496 e. The predicted molar refractivity (Wildman–Crippen MR) is 113 cm³/mol. The zero-order valence-corrected chi connectivity index (χ0v) is 16.8. The number of nitrogens with one attached hydrogen (secondary N) is 1. The fourth-order valence-electron chi connectivity index (χ4n) is 2.96. The number of para-hydroxylation sites is 1. The van der Waals surface area contributed by atoms with E-state index in [0.717, 1.165) is 34.2 Å². The molecule has 0 bridgehead atoms. The van der Waals surface area contributed by atoms with Crippen molar-refractivity contribution in [3.8, 4) is 5.75 Å². The van der Waals surface area contributed by atoms with Crippen molar-refractivity contribution < 1.29 is 13.9 Å². The van der Waals surface area contributed by atoms with E-state index in [-0.39, 0.29) is 11.5 Å². The number of amides is 1. The molecule has 2 aromatic carbocycles. The van der Waals surface area contributed by atoms with Gasteiger partial charge in [0.25, 0.3) is 0 Å².